The average Bonchev–Trinajstić information content (AvgIpc) is 1.45. The Hall–Kier alpha value is -5.05. The number of ether oxygens (including phenoxy) is 3. The summed E-state index contributed by atoms with van der Waals surface area (Å²) in [5, 5.41) is 78.6. The molecule has 0 radical (unpaired) electrons. The number of alkyl halides is 3. The molecule has 0 aromatic heterocycles. The van der Waals surface area contributed by atoms with Gasteiger partial charge in [0.25, 0.3) is 10.1 Å². The molecule has 0 bridgehead atoms. The quantitative estimate of drug-likeness (QED) is 0.00798. The van der Waals surface area contributed by atoms with Crippen LogP contribution in [0.2, 0.25) is 0 Å². The van der Waals surface area contributed by atoms with E-state index >= 15 is 0 Å². The van der Waals surface area contributed by atoms with Gasteiger partial charge in [0.1, 0.15) is 36.4 Å². The summed E-state index contributed by atoms with van der Waals surface area (Å²) in [6.07, 6.45) is 23.4. The number of allylic oxidation sites excluding steroid dienone is 12. The van der Waals surface area contributed by atoms with E-state index < -0.39 is 158 Å². The second-order valence-corrected chi connectivity index (χ2v) is 46.5. The molecule has 0 aromatic rings. The van der Waals surface area contributed by atoms with Gasteiger partial charge in [-0.3, -0.25) is 56.2 Å². The lowest BCUT2D eigenvalue weighted by atomic mass is 9.45. The summed E-state index contributed by atoms with van der Waals surface area (Å²) >= 11 is 0. The van der Waals surface area contributed by atoms with Crippen molar-refractivity contribution in [2.24, 2.45) is 104 Å². The Labute approximate surface area is 776 Å². The largest absolute Gasteiger partial charge is 0.523 e. The highest BCUT2D eigenvalue weighted by atomic mass is 32.2. The van der Waals surface area contributed by atoms with Crippen molar-refractivity contribution >= 4 is 82.0 Å². The van der Waals surface area contributed by atoms with Crippen LogP contribution in [0.5, 0.6) is 0 Å². The van der Waals surface area contributed by atoms with Crippen LogP contribution in [-0.2, 0) is 104 Å². The average molecular weight is 1950 g/mol. The number of amides is 1. The summed E-state index contributed by atoms with van der Waals surface area (Å²) in [4.78, 5) is 101. The lowest BCUT2D eigenvalue weighted by Crippen LogP contribution is -2.62. The number of aliphatic hydroxyl groups is 7. The van der Waals surface area contributed by atoms with E-state index in [9.17, 15) is 113 Å². The van der Waals surface area contributed by atoms with Crippen molar-refractivity contribution in [3.8, 4) is 0 Å². The number of rotatable bonds is 31. The van der Waals surface area contributed by atoms with Crippen LogP contribution in [0.3, 0.4) is 0 Å². The normalized spacial score (nSPS) is 36.8. The van der Waals surface area contributed by atoms with Gasteiger partial charge in [0.05, 0.1) is 50.5 Å². The van der Waals surface area contributed by atoms with Gasteiger partial charge in [0.15, 0.2) is 41.9 Å². The number of hydrogen-bond acceptors (Lipinski definition) is 29. The molecule has 8 N–H and O–H groups in total. The van der Waals surface area contributed by atoms with Crippen LogP contribution in [0.4, 0.5) is 13.2 Å². The second-order valence-electron chi connectivity index (χ2n) is 39.4. The molecule has 1 heterocycles. The Morgan fingerprint density at radius 3 is 1.20 bits per heavy atom. The zero-order chi connectivity index (χ0) is 98.9. The molecule has 1 amide bonds. The van der Waals surface area contributed by atoms with Crippen LogP contribution < -0.4 is 0 Å². The third-order valence-corrected chi connectivity index (χ3v) is 37.1. The summed E-state index contributed by atoms with van der Waals surface area (Å²) in [7, 11) is -15.9. The Morgan fingerprint density at radius 2 is 0.879 bits per heavy atom. The number of carbonyl (C=O) groups is 8. The topological polar surface area (TPSA) is 478 Å². The monoisotopic (exact) mass is 1950 g/mol. The van der Waals surface area contributed by atoms with E-state index in [1.165, 1.54) is 38.6 Å². The minimum atomic E-state index is -5.80. The van der Waals surface area contributed by atoms with Gasteiger partial charge in [-0.05, 0) is 220 Å². The van der Waals surface area contributed by atoms with Gasteiger partial charge < -0.3 is 73.0 Å². The van der Waals surface area contributed by atoms with Gasteiger partial charge in [0.2, 0.25) is 11.7 Å². The van der Waals surface area contributed by atoms with Gasteiger partial charge in [0, 0.05) is 89.9 Å². The fraction of sp³-hybridized carbons (Fsp3) is 0.787. The van der Waals surface area contributed by atoms with Gasteiger partial charge in [-0.2, -0.15) is 30.0 Å². The van der Waals surface area contributed by atoms with E-state index in [0.717, 1.165) is 55.6 Å². The molecule has 9 saturated carbocycles. The standard InChI is InChI=1S/C33H49NO10S.C27H41O8P.C22H30O5.C6H12F3O6PS.C4H8O.C2H6/c1-21-17-23-24-12-14-33(40,32(24,3)19-26(36)30(23)31(2)13-11-22(35)18-25(21)31)27(37)20-44-29(39)10-8-6-5-7-9-28(38)34(4)15-16-45(41,42)43;1-6-34-36(32,35-7-2)16-33-15-23(30)27(31)11-9-20-19-12-17(3)21-13-18(28)8-10-25(21,4)24(19)22(29)14-26(20,27)5;1-12-8-14-15-5-7-22(27,18(26)11-23)21(15,3)10-17(25)19(14)20(2)6-4-13(24)9-16(12)20;1-3-13-16(10,14-4-2)5-15-17(11,12)6(7,8)9;1-2-4-5-3-1;1-2/h11,13,18,21,23-24,26,30,36,40H,5-10,12,14-17,19-20H2,1-4H3,(H,41,42,43);8,10,13,17,19-20,22,24,29,31H,6-7,9,11-12,14-16H2,1-5H3;4,6,9,12,14-15,17,19,23,25,27H,5,7-8,10-11H2,1-3H3;3-5H2,1-2H3;1-4H2;1-2H3/t21-,23-,24-,26-,30+,31-,32-,33-;17-,19-,20-,22-,24+,25-,26-,27-;12-,14-,15-,17-,19+,20-,21-,22-;;;/m000.../s1. The minimum absolute atomic E-state index is 0.00297. The first-order valence-electron chi connectivity index (χ1n) is 46.9. The molecule has 13 aliphatic rings. The highest BCUT2D eigenvalue weighted by Gasteiger charge is 2.73. The van der Waals surface area contributed by atoms with Crippen LogP contribution in [0, 0.1) is 104 Å². The predicted octanol–water partition coefficient (Wildman–Crippen LogP) is 12.8. The Morgan fingerprint density at radius 1 is 0.538 bits per heavy atom. The molecule has 12 aliphatic carbocycles. The zero-order valence-electron chi connectivity index (χ0n) is 79.5. The Balaban J connectivity index is 0.000000221. The SMILES string of the molecule is C1CCOC1.CC.CCOP(=O)(COCC(=O)[C@@]1(O)CC[C@H]2[C@@H]3C[C@H](C)C4=CC(=O)C=C[C@]4(C)[C@H]3[C@@H](O)C[C@@]21C)OCC.CCOP(=O)(COS(=O)(=O)C(F)(F)F)OCC.C[C@H]1C[C@@H]2[C@H]([C@@H](O)C[C@@]3(C)[C@H]2CC[C@]3(O)C(=O)CO)[C@@]2(C)C=CC(=O)C=C12.C[C@H]1C[C@@H]2[C@H]([C@@H](O)C[C@@]3(C)[C@H]2CC[C@]3(O)C(=O)COC(=O)CCCCCCC(=O)N(C)CCS(=O)(=O)O)[C@@]2(C)C=CC(=O)C=C12. The first-order chi connectivity index (χ1) is 61.4. The molecular formula is C94H146F3NO30P2S2. The third-order valence-electron chi connectivity index (χ3n) is 31.7. The molecule has 1 aliphatic heterocycles. The van der Waals surface area contributed by atoms with Crippen molar-refractivity contribution in [1.82, 2.24) is 4.90 Å². The van der Waals surface area contributed by atoms with E-state index in [2.05, 4.69) is 54.8 Å². The van der Waals surface area contributed by atoms with Gasteiger partial charge in [-0.15, -0.1) is 0 Å². The number of Topliss-reactive ketones (excluding diaryl/α,β-unsaturated/α-hetero) is 3. The van der Waals surface area contributed by atoms with E-state index in [4.69, 9.17) is 27.8 Å². The fourth-order valence-corrected chi connectivity index (χ4v) is 29.7. The van der Waals surface area contributed by atoms with Crippen LogP contribution in [0.1, 0.15) is 232 Å². The summed E-state index contributed by atoms with van der Waals surface area (Å²) in [6.45, 7) is 29.1. The van der Waals surface area contributed by atoms with Crippen LogP contribution >= 0.6 is 15.2 Å². The molecule has 1 saturated heterocycles. The minimum Gasteiger partial charge on any atom is -0.458 e. The highest BCUT2D eigenvalue weighted by Crippen LogP contribution is 2.72. The van der Waals surface area contributed by atoms with Gasteiger partial charge in [-0.1, -0.05) is 124 Å². The summed E-state index contributed by atoms with van der Waals surface area (Å²) in [6, 6.07) is 0. The number of fused-ring (bicyclic) bond motifs is 15. The predicted molar refractivity (Wildman–Crippen MR) is 482 cm³/mol. The summed E-state index contributed by atoms with van der Waals surface area (Å²) in [5.74, 6) is -2.11. The van der Waals surface area contributed by atoms with E-state index in [-0.39, 0.29) is 171 Å². The molecule has 0 unspecified atom stereocenters. The first kappa shape index (κ1) is 112. The smallest absolute Gasteiger partial charge is 0.458 e. The second kappa shape index (κ2) is 44.6. The zero-order valence-corrected chi connectivity index (χ0v) is 83.0. The maximum Gasteiger partial charge on any atom is 0.523 e. The number of esters is 1. The molecule has 750 valence electrons. The van der Waals surface area contributed by atoms with Crippen molar-refractivity contribution in [3.63, 3.8) is 0 Å². The number of aliphatic hydroxyl groups excluding tert-OH is 4. The lowest BCUT2D eigenvalue weighted by molar-refractivity contribution is -0.182. The van der Waals surface area contributed by atoms with E-state index in [0.29, 0.717) is 57.8 Å². The van der Waals surface area contributed by atoms with E-state index in [1.54, 1.807) is 50.3 Å². The Kier molecular flexibility index (Phi) is 37.9. The summed E-state index contributed by atoms with van der Waals surface area (Å²) < 4.78 is 150. The summed E-state index contributed by atoms with van der Waals surface area (Å²) in [5.41, 5.74) is -11.0. The van der Waals surface area contributed by atoms with Crippen molar-refractivity contribution in [3.05, 3.63) is 71.4 Å². The molecule has 0 spiro atoms. The molecule has 10 fully saturated rings. The molecule has 31 nitrogen and oxygen atoms in total. The number of ketones is 6. The maximum absolute atomic E-state index is 13.5. The van der Waals surface area contributed by atoms with Crippen LogP contribution in [0.25, 0.3) is 0 Å². The number of nitrogens with zero attached hydrogens (tertiary/aromatic N) is 1. The number of carbonyl (C=O) groups excluding carboxylic acids is 8. The molecule has 38 heteroatoms. The van der Waals surface area contributed by atoms with Crippen molar-refractivity contribution < 1.29 is 154 Å². The molecule has 0 aromatic carbocycles. The van der Waals surface area contributed by atoms with Crippen LogP contribution in [-0.4, -0.2) is 241 Å². The van der Waals surface area contributed by atoms with Gasteiger partial charge in [-0.25, -0.2) is 0 Å². The molecular weight excluding hydrogens is 1810 g/mol. The van der Waals surface area contributed by atoms with Gasteiger partial charge >= 0.3 is 36.8 Å². The van der Waals surface area contributed by atoms with Crippen molar-refractivity contribution in [2.75, 3.05) is 91.5 Å². The fourth-order valence-electron chi connectivity index (χ4n) is 25.7. The molecule has 24 atom stereocenters. The van der Waals surface area contributed by atoms with Crippen molar-refractivity contribution in [2.45, 2.75) is 273 Å². The third kappa shape index (κ3) is 23.3. The first-order valence-corrected chi connectivity index (χ1v) is 53.4. The molecule has 132 heavy (non-hydrogen) atoms. The van der Waals surface area contributed by atoms with Crippen molar-refractivity contribution in [1.29, 1.82) is 0 Å². The number of halogens is 3. The number of unbranched alkanes of at least 4 members (excludes halogenated alkanes) is 3. The van der Waals surface area contributed by atoms with E-state index in [1.807, 2.05) is 52.8 Å². The number of hydrogen-bond donors (Lipinski definition) is 8. The molecule has 13 rings (SSSR count). The highest BCUT2D eigenvalue weighted by molar-refractivity contribution is 7.87. The van der Waals surface area contributed by atoms with Crippen LogP contribution in [0.15, 0.2) is 71.4 Å². The Bertz CT molecular complexity index is 4660. The lowest BCUT2D eigenvalue weighted by Gasteiger charge is -2.60. The maximum atomic E-state index is 13.5.